The number of nitrogens with zero attached hydrogens (tertiary/aromatic N) is 2. The first-order valence-electron chi connectivity index (χ1n) is 26.9. The fraction of sp³-hybridized carbons (Fsp3) is 0.0811. The Kier molecular flexibility index (Phi) is 12.3. The number of benzene rings is 12. The van der Waals surface area contributed by atoms with Gasteiger partial charge >= 0.3 is 0 Å². The number of para-hydroxylation sites is 2. The van der Waals surface area contributed by atoms with Crippen molar-refractivity contribution in [1.82, 2.24) is 0 Å². The van der Waals surface area contributed by atoms with Gasteiger partial charge in [0.25, 0.3) is 0 Å². The highest BCUT2D eigenvalue weighted by molar-refractivity contribution is 6.14. The molecule has 0 amide bonds. The second-order valence-corrected chi connectivity index (χ2v) is 20.9. The van der Waals surface area contributed by atoms with Crippen LogP contribution in [0, 0.1) is 0 Å². The molecular weight excluding hydrogens is 933 g/mol. The molecule has 0 aliphatic rings. The normalized spacial score (nSPS) is 11.6. The number of anilines is 6. The van der Waals surface area contributed by atoms with Gasteiger partial charge in [0.2, 0.25) is 0 Å². The molecule has 1 aromatic heterocycles. The zero-order valence-electron chi connectivity index (χ0n) is 43.9. The van der Waals surface area contributed by atoms with E-state index in [4.69, 9.17) is 4.42 Å². The molecule has 3 nitrogen and oxygen atoms in total. The first kappa shape index (κ1) is 47.3. The number of furan rings is 1. The van der Waals surface area contributed by atoms with Crippen LogP contribution in [0.3, 0.4) is 0 Å². The van der Waals surface area contributed by atoms with Gasteiger partial charge in [0, 0.05) is 44.6 Å². The van der Waals surface area contributed by atoms with Crippen LogP contribution in [-0.2, 0) is 0 Å². The second kappa shape index (κ2) is 20.0. The summed E-state index contributed by atoms with van der Waals surface area (Å²) in [4.78, 5) is 4.81. The smallest absolute Gasteiger partial charge is 0.136 e. The molecule has 0 atom stereocenters. The molecule has 370 valence electrons. The Hall–Kier alpha value is -9.44. The van der Waals surface area contributed by atoms with Crippen LogP contribution in [0.2, 0.25) is 0 Å². The maximum Gasteiger partial charge on any atom is 0.136 e. The van der Waals surface area contributed by atoms with Gasteiger partial charge in [-0.3, -0.25) is 0 Å². The van der Waals surface area contributed by atoms with E-state index >= 15 is 0 Å². The van der Waals surface area contributed by atoms with E-state index in [-0.39, 0.29) is 0 Å². The van der Waals surface area contributed by atoms with E-state index in [2.05, 4.69) is 304 Å². The summed E-state index contributed by atoms with van der Waals surface area (Å²) in [5.74, 6) is 0.915. The van der Waals surface area contributed by atoms with Gasteiger partial charge in [-0.1, -0.05) is 210 Å². The minimum atomic E-state index is 0.456. The Morgan fingerprint density at radius 3 is 1.16 bits per heavy atom. The Morgan fingerprint density at radius 2 is 0.662 bits per heavy atom. The van der Waals surface area contributed by atoms with Crippen molar-refractivity contribution in [1.29, 1.82) is 0 Å². The third-order valence-corrected chi connectivity index (χ3v) is 15.4. The first-order valence-corrected chi connectivity index (χ1v) is 26.9. The Labute approximate surface area is 451 Å². The van der Waals surface area contributed by atoms with Crippen LogP contribution in [0.25, 0.3) is 88.0 Å². The minimum Gasteiger partial charge on any atom is -0.456 e. The van der Waals surface area contributed by atoms with Crippen LogP contribution in [0.1, 0.15) is 50.7 Å². The largest absolute Gasteiger partial charge is 0.456 e. The van der Waals surface area contributed by atoms with E-state index in [1.807, 2.05) is 0 Å². The van der Waals surface area contributed by atoms with Crippen LogP contribution < -0.4 is 9.80 Å². The minimum absolute atomic E-state index is 0.456. The molecule has 0 fully saturated rings. The number of hydrogen-bond donors (Lipinski definition) is 0. The summed E-state index contributed by atoms with van der Waals surface area (Å²) >= 11 is 0. The summed E-state index contributed by atoms with van der Waals surface area (Å²) in [6.07, 6.45) is 0. The highest BCUT2D eigenvalue weighted by Gasteiger charge is 2.22. The molecule has 0 bridgehead atoms. The van der Waals surface area contributed by atoms with E-state index in [1.165, 1.54) is 55.6 Å². The maximum atomic E-state index is 6.91. The van der Waals surface area contributed by atoms with E-state index < -0.39 is 0 Å². The molecule has 13 rings (SSSR count). The molecule has 0 radical (unpaired) electrons. The Morgan fingerprint density at radius 1 is 0.273 bits per heavy atom. The molecular formula is C74H58N2O. The van der Waals surface area contributed by atoms with Gasteiger partial charge in [-0.05, 0) is 163 Å². The lowest BCUT2D eigenvalue weighted by atomic mass is 9.96. The summed E-state index contributed by atoms with van der Waals surface area (Å²) in [6, 6.07) is 97.5. The molecule has 0 aliphatic carbocycles. The SMILES string of the molecule is CC(C)c1ccc(-c2ccccc2N(c2ccc(-c3ccccc3)cc2)c2ccc3cc4c(cc3c2)oc2cc3cc(N(c5cccc(-c6ccccc6)c5)c5ccccc5-c5ccc(C(C)C)cc5)ccc3cc24)cc1. The quantitative estimate of drug-likeness (QED) is 0.122. The van der Waals surface area contributed by atoms with Crippen molar-refractivity contribution >= 4 is 77.6 Å². The molecule has 1 heterocycles. The average Bonchev–Trinajstić information content (AvgIpc) is 3.89. The van der Waals surface area contributed by atoms with Gasteiger partial charge < -0.3 is 14.2 Å². The molecule has 13 aromatic rings. The molecule has 0 unspecified atom stereocenters. The van der Waals surface area contributed by atoms with Crippen molar-refractivity contribution in [3.63, 3.8) is 0 Å². The van der Waals surface area contributed by atoms with Gasteiger partial charge in [0.15, 0.2) is 0 Å². The third-order valence-electron chi connectivity index (χ3n) is 15.4. The van der Waals surface area contributed by atoms with Gasteiger partial charge in [0.05, 0.1) is 11.4 Å². The van der Waals surface area contributed by atoms with Crippen molar-refractivity contribution in [2.45, 2.75) is 39.5 Å². The lowest BCUT2D eigenvalue weighted by Crippen LogP contribution is -2.11. The van der Waals surface area contributed by atoms with Gasteiger partial charge in [0.1, 0.15) is 11.2 Å². The number of fused-ring (bicyclic) bond motifs is 5. The molecule has 3 heteroatoms. The topological polar surface area (TPSA) is 19.6 Å². The predicted molar refractivity (Wildman–Crippen MR) is 328 cm³/mol. The fourth-order valence-electron chi connectivity index (χ4n) is 11.2. The zero-order chi connectivity index (χ0) is 52.0. The van der Waals surface area contributed by atoms with Crippen molar-refractivity contribution in [2.75, 3.05) is 9.80 Å². The molecule has 77 heavy (non-hydrogen) atoms. The summed E-state index contributed by atoms with van der Waals surface area (Å²) in [6.45, 7) is 8.99. The predicted octanol–water partition coefficient (Wildman–Crippen LogP) is 21.7. The zero-order valence-corrected chi connectivity index (χ0v) is 43.9. The van der Waals surface area contributed by atoms with Crippen LogP contribution in [0.15, 0.2) is 271 Å². The second-order valence-electron chi connectivity index (χ2n) is 20.9. The molecule has 0 saturated heterocycles. The van der Waals surface area contributed by atoms with Crippen LogP contribution in [0.5, 0.6) is 0 Å². The van der Waals surface area contributed by atoms with Crippen LogP contribution in [-0.4, -0.2) is 0 Å². The molecule has 0 aliphatic heterocycles. The van der Waals surface area contributed by atoms with E-state index in [0.29, 0.717) is 11.8 Å². The van der Waals surface area contributed by atoms with Gasteiger partial charge in [-0.15, -0.1) is 0 Å². The van der Waals surface area contributed by atoms with Crippen LogP contribution >= 0.6 is 0 Å². The average molecular weight is 991 g/mol. The fourth-order valence-corrected chi connectivity index (χ4v) is 11.2. The van der Waals surface area contributed by atoms with E-state index in [0.717, 1.165) is 77.6 Å². The lowest BCUT2D eigenvalue weighted by Gasteiger charge is -2.28. The highest BCUT2D eigenvalue weighted by atomic mass is 16.3. The molecule has 0 spiro atoms. The molecule has 12 aromatic carbocycles. The summed E-state index contributed by atoms with van der Waals surface area (Å²) in [5.41, 5.74) is 20.3. The van der Waals surface area contributed by atoms with Gasteiger partial charge in [-0.25, -0.2) is 0 Å². The highest BCUT2D eigenvalue weighted by Crippen LogP contribution is 2.46. The Balaban J connectivity index is 0.917. The van der Waals surface area contributed by atoms with Crippen molar-refractivity contribution in [3.05, 3.63) is 278 Å². The lowest BCUT2D eigenvalue weighted by molar-refractivity contribution is 0.670. The van der Waals surface area contributed by atoms with Crippen molar-refractivity contribution < 1.29 is 4.42 Å². The summed E-state index contributed by atoms with van der Waals surface area (Å²) < 4.78 is 6.91. The van der Waals surface area contributed by atoms with Crippen molar-refractivity contribution in [3.8, 4) is 44.5 Å². The van der Waals surface area contributed by atoms with E-state index in [1.54, 1.807) is 0 Å². The van der Waals surface area contributed by atoms with Gasteiger partial charge in [-0.2, -0.15) is 0 Å². The van der Waals surface area contributed by atoms with E-state index in [9.17, 15) is 0 Å². The number of rotatable bonds is 12. The standard InChI is InChI=1S/C74H58N2O/c1-49(2)51-26-30-56(31-27-51)67-22-11-13-24-71(67)75(63-38-34-55(35-39-63)53-16-7-5-8-17-53)65-40-36-59-45-69-70-46-60-37-41-66(44-62(60)48-74(70)77-73(69)47-61(59)43-65)76(64-21-15-20-58(42-64)54-18-9-6-10-19-54)72-25-14-12-23-68(72)57-32-28-52(29-33-57)50(3)4/h5-50H,1-4H3. The monoisotopic (exact) mass is 990 g/mol. The molecule has 0 N–H and O–H groups in total. The third kappa shape index (κ3) is 9.10. The van der Waals surface area contributed by atoms with Crippen molar-refractivity contribution in [2.24, 2.45) is 0 Å². The summed E-state index contributed by atoms with van der Waals surface area (Å²) in [7, 11) is 0. The number of hydrogen-bond acceptors (Lipinski definition) is 3. The maximum absolute atomic E-state index is 6.91. The van der Waals surface area contributed by atoms with Crippen LogP contribution in [0.4, 0.5) is 34.1 Å². The summed E-state index contributed by atoms with van der Waals surface area (Å²) in [5, 5.41) is 6.73. The molecule has 0 saturated carbocycles. The first-order chi connectivity index (χ1) is 37.8. The Bertz CT molecular complexity index is 4250.